The lowest BCUT2D eigenvalue weighted by Crippen LogP contribution is -2.57. The monoisotopic (exact) mass is 183 g/mol. The molecule has 2 bridgehead atoms. The van der Waals surface area contributed by atoms with E-state index in [1.165, 1.54) is 0 Å². The second-order valence-electron chi connectivity index (χ2n) is 5.27. The summed E-state index contributed by atoms with van der Waals surface area (Å²) in [4.78, 5) is 11.8. The number of carbonyl (C=O) groups excluding carboxylic acids is 1. The molecule has 2 aliphatic rings. The second-order valence-corrected chi connectivity index (χ2v) is 5.27. The van der Waals surface area contributed by atoms with E-state index in [-0.39, 0.29) is 16.9 Å². The Bertz CT molecular complexity index is 262. The molecule has 1 aliphatic heterocycles. The maximum Gasteiger partial charge on any atom is 0.252 e. The molecule has 1 aliphatic carbocycles. The van der Waals surface area contributed by atoms with E-state index in [0.29, 0.717) is 5.92 Å². The molecule has 1 heterocycles. The molecule has 0 aromatic carbocycles. The Labute approximate surface area is 78.7 Å². The van der Waals surface area contributed by atoms with Crippen LogP contribution in [0.15, 0.2) is 0 Å². The van der Waals surface area contributed by atoms with Gasteiger partial charge in [-0.1, -0.05) is 6.92 Å². The Morgan fingerprint density at radius 3 is 2.69 bits per heavy atom. The number of hydrogen-bond acceptors (Lipinski definition) is 2. The molecular weight excluding hydrogens is 166 g/mol. The molecule has 3 nitrogen and oxygen atoms in total. The number of rotatable bonds is 0. The number of hydroxylamine groups is 2. The average Bonchev–Trinajstić information content (AvgIpc) is 2.43. The van der Waals surface area contributed by atoms with Gasteiger partial charge in [-0.2, -0.15) is 0 Å². The van der Waals surface area contributed by atoms with Gasteiger partial charge in [0.1, 0.15) is 0 Å². The summed E-state index contributed by atoms with van der Waals surface area (Å²) in [6.07, 6.45) is 2.93. The Kier molecular flexibility index (Phi) is 1.57. The average molecular weight is 183 g/mol. The maximum atomic E-state index is 11.8. The summed E-state index contributed by atoms with van der Waals surface area (Å²) in [6, 6.07) is 0. The molecule has 0 aromatic rings. The number of fused-ring (bicyclic) bond motifs is 2. The molecular formula is C10H17NO2. The molecule has 0 unspecified atom stereocenters. The lowest BCUT2D eigenvalue weighted by atomic mass is 9.76. The predicted molar refractivity (Wildman–Crippen MR) is 48.2 cm³/mol. The van der Waals surface area contributed by atoms with E-state index in [2.05, 4.69) is 0 Å². The first-order valence-corrected chi connectivity index (χ1v) is 4.91. The lowest BCUT2D eigenvalue weighted by molar-refractivity contribution is -0.216. The van der Waals surface area contributed by atoms with Gasteiger partial charge in [0, 0.05) is 5.41 Å². The third-order valence-corrected chi connectivity index (χ3v) is 4.00. The van der Waals surface area contributed by atoms with Crippen LogP contribution in [0.2, 0.25) is 0 Å². The molecule has 2 rings (SSSR count). The van der Waals surface area contributed by atoms with E-state index < -0.39 is 0 Å². The van der Waals surface area contributed by atoms with Crippen LogP contribution < -0.4 is 0 Å². The van der Waals surface area contributed by atoms with Crippen LogP contribution in [0.1, 0.15) is 40.0 Å². The third-order valence-electron chi connectivity index (χ3n) is 4.00. The zero-order valence-corrected chi connectivity index (χ0v) is 8.50. The second kappa shape index (κ2) is 2.27. The minimum absolute atomic E-state index is 0.0914. The molecule has 3 heteroatoms. The highest BCUT2D eigenvalue weighted by Gasteiger charge is 2.56. The number of nitrogens with zero attached hydrogens (tertiary/aromatic N) is 1. The van der Waals surface area contributed by atoms with Crippen LogP contribution in [-0.4, -0.2) is 21.7 Å². The molecule has 1 amide bonds. The van der Waals surface area contributed by atoms with E-state index in [4.69, 9.17) is 0 Å². The molecule has 1 saturated heterocycles. The Morgan fingerprint density at radius 1 is 1.46 bits per heavy atom. The quantitative estimate of drug-likeness (QED) is 0.582. The molecule has 74 valence electrons. The Balaban J connectivity index is 2.39. The highest BCUT2D eigenvalue weighted by molar-refractivity contribution is 5.83. The third kappa shape index (κ3) is 0.966. The number of carbonyl (C=O) groups is 1. The normalized spacial score (nSPS) is 42.6. The molecule has 2 atom stereocenters. The predicted octanol–water partition coefficient (Wildman–Crippen LogP) is 1.80. The van der Waals surface area contributed by atoms with Crippen molar-refractivity contribution in [3.63, 3.8) is 0 Å². The molecule has 2 fully saturated rings. The minimum Gasteiger partial charge on any atom is -0.285 e. The topological polar surface area (TPSA) is 40.5 Å². The van der Waals surface area contributed by atoms with Crippen LogP contribution in [0.25, 0.3) is 0 Å². The van der Waals surface area contributed by atoms with Crippen molar-refractivity contribution < 1.29 is 10.0 Å². The summed E-state index contributed by atoms with van der Waals surface area (Å²) in [7, 11) is 0. The minimum atomic E-state index is -0.368. The van der Waals surface area contributed by atoms with E-state index in [1.807, 2.05) is 20.8 Å². The Morgan fingerprint density at radius 2 is 2.08 bits per heavy atom. The molecule has 13 heavy (non-hydrogen) atoms. The van der Waals surface area contributed by atoms with Gasteiger partial charge in [0.2, 0.25) is 0 Å². The zero-order valence-electron chi connectivity index (χ0n) is 8.50. The highest BCUT2D eigenvalue weighted by atomic mass is 16.5. The fraction of sp³-hybridized carbons (Fsp3) is 0.900. The van der Waals surface area contributed by atoms with Crippen LogP contribution in [0.4, 0.5) is 0 Å². The van der Waals surface area contributed by atoms with E-state index in [9.17, 15) is 10.0 Å². The maximum absolute atomic E-state index is 11.8. The molecule has 0 spiro atoms. The van der Waals surface area contributed by atoms with Gasteiger partial charge in [-0.05, 0) is 39.0 Å². The summed E-state index contributed by atoms with van der Waals surface area (Å²) >= 11 is 0. The van der Waals surface area contributed by atoms with Gasteiger partial charge in [0.05, 0.1) is 5.54 Å². The van der Waals surface area contributed by atoms with Gasteiger partial charge in [-0.25, -0.2) is 5.06 Å². The molecule has 1 N–H and O–H groups in total. The van der Waals surface area contributed by atoms with E-state index >= 15 is 0 Å². The Hall–Kier alpha value is -0.570. The largest absolute Gasteiger partial charge is 0.285 e. The van der Waals surface area contributed by atoms with Gasteiger partial charge in [-0.15, -0.1) is 0 Å². The van der Waals surface area contributed by atoms with Crippen molar-refractivity contribution in [1.29, 1.82) is 0 Å². The van der Waals surface area contributed by atoms with Crippen molar-refractivity contribution in [2.75, 3.05) is 0 Å². The standard InChI is InChI=1S/C10H17NO2/c1-9(2)7-4-5-10(3,6-7)8(12)11(9)13/h7,13H,4-6H2,1-3H3/t7-,10+/m1/s1. The van der Waals surface area contributed by atoms with Crippen LogP contribution >= 0.6 is 0 Å². The summed E-state index contributed by atoms with van der Waals surface area (Å²) in [5, 5.41) is 10.7. The first kappa shape index (κ1) is 9.00. The van der Waals surface area contributed by atoms with Crippen LogP contribution in [0, 0.1) is 11.3 Å². The lowest BCUT2D eigenvalue weighted by Gasteiger charge is -2.45. The van der Waals surface area contributed by atoms with Crippen LogP contribution in [-0.2, 0) is 4.79 Å². The summed E-state index contributed by atoms with van der Waals surface area (Å²) in [5.74, 6) is 0.367. The number of piperidine rings is 1. The first-order valence-electron chi connectivity index (χ1n) is 4.91. The van der Waals surface area contributed by atoms with Crippen LogP contribution in [0.5, 0.6) is 0 Å². The summed E-state index contributed by atoms with van der Waals surface area (Å²) < 4.78 is 0. The smallest absolute Gasteiger partial charge is 0.252 e. The highest BCUT2D eigenvalue weighted by Crippen LogP contribution is 2.52. The van der Waals surface area contributed by atoms with Gasteiger partial charge in [0.25, 0.3) is 5.91 Å². The van der Waals surface area contributed by atoms with Gasteiger partial charge in [-0.3, -0.25) is 10.0 Å². The van der Waals surface area contributed by atoms with Crippen LogP contribution in [0.3, 0.4) is 0 Å². The first-order chi connectivity index (χ1) is 5.88. The fourth-order valence-corrected chi connectivity index (χ4v) is 2.73. The van der Waals surface area contributed by atoms with Gasteiger partial charge >= 0.3 is 0 Å². The SMILES string of the molecule is CC1(C)[C@@H]2CC[C@@](C)(C2)C(=O)N1O. The van der Waals surface area contributed by atoms with Crippen molar-refractivity contribution >= 4 is 5.91 Å². The van der Waals surface area contributed by atoms with Crippen molar-refractivity contribution in [3.8, 4) is 0 Å². The zero-order chi connectivity index (χ0) is 9.85. The van der Waals surface area contributed by atoms with E-state index in [0.717, 1.165) is 24.3 Å². The molecule has 0 radical (unpaired) electrons. The summed E-state index contributed by atoms with van der Waals surface area (Å²) in [5.41, 5.74) is -0.651. The van der Waals surface area contributed by atoms with Gasteiger partial charge in [0.15, 0.2) is 0 Å². The van der Waals surface area contributed by atoms with Crippen molar-refractivity contribution in [1.82, 2.24) is 5.06 Å². The molecule has 1 saturated carbocycles. The molecule has 0 aromatic heterocycles. The van der Waals surface area contributed by atoms with Crippen molar-refractivity contribution in [2.24, 2.45) is 11.3 Å². The fourth-order valence-electron chi connectivity index (χ4n) is 2.73. The number of hydrogen-bond donors (Lipinski definition) is 1. The van der Waals surface area contributed by atoms with Crippen molar-refractivity contribution in [2.45, 2.75) is 45.6 Å². The van der Waals surface area contributed by atoms with E-state index in [1.54, 1.807) is 0 Å². The number of amides is 1. The van der Waals surface area contributed by atoms with Gasteiger partial charge < -0.3 is 0 Å². The van der Waals surface area contributed by atoms with Crippen molar-refractivity contribution in [3.05, 3.63) is 0 Å². The summed E-state index contributed by atoms with van der Waals surface area (Å²) in [6.45, 7) is 5.86.